The molecule has 0 radical (unpaired) electrons. The van der Waals surface area contributed by atoms with E-state index in [1.807, 2.05) is 6.07 Å². The number of hydrogen-bond acceptors (Lipinski definition) is 5. The fraction of sp³-hybridized carbons (Fsp3) is 0.0952. The molecule has 0 saturated heterocycles. The Bertz CT molecular complexity index is 1210. The van der Waals surface area contributed by atoms with Crippen molar-refractivity contribution in [1.29, 1.82) is 0 Å². The molecule has 0 amide bonds. The van der Waals surface area contributed by atoms with Crippen LogP contribution in [0.3, 0.4) is 0 Å². The fourth-order valence-electron chi connectivity index (χ4n) is 2.56. The number of hydrogen-bond donors (Lipinski definition) is 1. The minimum Gasteiger partial charge on any atom is -0.493 e. The van der Waals surface area contributed by atoms with Gasteiger partial charge in [0.15, 0.2) is 11.5 Å². The second-order valence-corrected chi connectivity index (χ2v) is 9.57. The molecule has 0 atom stereocenters. The van der Waals surface area contributed by atoms with Gasteiger partial charge in [0.2, 0.25) is 0 Å². The summed E-state index contributed by atoms with van der Waals surface area (Å²) in [4.78, 5) is 2.31. The standard InChI is InChI=1S/C21H17BrCl2N2O4S/c1-29-20-11-15(12-25-26-31(27,28)16-5-3-2-4-6-16)9-17(22)21(20)30-13-14-7-8-18(23)19(24)10-14/h2-12,26H,13H2,1H3/b25-12-. The maximum absolute atomic E-state index is 12.2. The summed E-state index contributed by atoms with van der Waals surface area (Å²) in [6, 6.07) is 16.6. The summed E-state index contributed by atoms with van der Waals surface area (Å²) in [6.45, 7) is 0.246. The highest BCUT2D eigenvalue weighted by Gasteiger charge is 2.13. The van der Waals surface area contributed by atoms with Crippen molar-refractivity contribution in [2.75, 3.05) is 7.11 Å². The molecule has 0 aliphatic carbocycles. The molecule has 0 heterocycles. The highest BCUT2D eigenvalue weighted by atomic mass is 79.9. The number of methoxy groups -OCH3 is 1. The molecule has 1 N–H and O–H groups in total. The van der Waals surface area contributed by atoms with Crippen LogP contribution in [0.5, 0.6) is 11.5 Å². The van der Waals surface area contributed by atoms with Gasteiger partial charge in [-0.1, -0.05) is 47.5 Å². The van der Waals surface area contributed by atoms with Crippen LogP contribution in [-0.4, -0.2) is 21.7 Å². The molecule has 0 aliphatic rings. The van der Waals surface area contributed by atoms with Crippen LogP contribution in [0, 0.1) is 0 Å². The second kappa shape index (κ2) is 10.4. The Morgan fingerprint density at radius 3 is 2.48 bits per heavy atom. The molecule has 10 heteroatoms. The fourth-order valence-corrected chi connectivity index (χ4v) is 4.27. The minimum atomic E-state index is -3.75. The molecule has 0 bridgehead atoms. The zero-order valence-electron chi connectivity index (χ0n) is 16.2. The van der Waals surface area contributed by atoms with Gasteiger partial charge < -0.3 is 9.47 Å². The van der Waals surface area contributed by atoms with Gasteiger partial charge in [0.05, 0.1) is 32.7 Å². The lowest BCUT2D eigenvalue weighted by Crippen LogP contribution is -2.18. The molecule has 0 aliphatic heterocycles. The molecule has 31 heavy (non-hydrogen) atoms. The molecule has 0 spiro atoms. The van der Waals surface area contributed by atoms with Crippen LogP contribution in [0.2, 0.25) is 10.0 Å². The summed E-state index contributed by atoms with van der Waals surface area (Å²) >= 11 is 15.4. The lowest BCUT2D eigenvalue weighted by molar-refractivity contribution is 0.282. The zero-order chi connectivity index (χ0) is 22.4. The van der Waals surface area contributed by atoms with Gasteiger partial charge in [0.25, 0.3) is 10.0 Å². The van der Waals surface area contributed by atoms with Crippen molar-refractivity contribution >= 4 is 55.4 Å². The van der Waals surface area contributed by atoms with Crippen LogP contribution >= 0.6 is 39.1 Å². The summed E-state index contributed by atoms with van der Waals surface area (Å²) in [5.41, 5.74) is 1.44. The first kappa shape index (κ1) is 23.4. The van der Waals surface area contributed by atoms with Gasteiger partial charge in [-0.05, 0) is 63.5 Å². The second-order valence-electron chi connectivity index (χ2n) is 6.24. The largest absolute Gasteiger partial charge is 0.493 e. The van der Waals surface area contributed by atoms with Gasteiger partial charge in [-0.2, -0.15) is 13.5 Å². The van der Waals surface area contributed by atoms with Crippen LogP contribution in [0.1, 0.15) is 11.1 Å². The molecule has 0 saturated carbocycles. The van der Waals surface area contributed by atoms with Crippen LogP contribution in [0.4, 0.5) is 0 Å². The number of halogens is 3. The Labute approximate surface area is 199 Å². The van der Waals surface area contributed by atoms with Gasteiger partial charge >= 0.3 is 0 Å². The lowest BCUT2D eigenvalue weighted by Gasteiger charge is -2.14. The Morgan fingerprint density at radius 1 is 1.06 bits per heavy atom. The SMILES string of the molecule is COc1cc(/C=N\NS(=O)(=O)c2ccccc2)cc(Br)c1OCc1ccc(Cl)c(Cl)c1. The van der Waals surface area contributed by atoms with E-state index in [1.54, 1.807) is 42.5 Å². The van der Waals surface area contributed by atoms with Crippen LogP contribution in [0.15, 0.2) is 75.1 Å². The van der Waals surface area contributed by atoms with E-state index in [0.29, 0.717) is 31.6 Å². The van der Waals surface area contributed by atoms with Crippen molar-refractivity contribution in [2.24, 2.45) is 5.10 Å². The van der Waals surface area contributed by atoms with Crippen molar-refractivity contribution in [3.8, 4) is 11.5 Å². The number of ether oxygens (including phenoxy) is 2. The lowest BCUT2D eigenvalue weighted by atomic mass is 10.2. The van der Waals surface area contributed by atoms with Crippen molar-refractivity contribution in [3.05, 3.63) is 86.3 Å². The van der Waals surface area contributed by atoms with E-state index in [2.05, 4.69) is 25.9 Å². The maximum atomic E-state index is 12.2. The monoisotopic (exact) mass is 542 g/mol. The first-order valence-corrected chi connectivity index (χ1v) is 11.9. The van der Waals surface area contributed by atoms with Gasteiger partial charge in [-0.15, -0.1) is 0 Å². The normalized spacial score (nSPS) is 11.5. The van der Waals surface area contributed by atoms with E-state index in [1.165, 1.54) is 25.5 Å². The molecule has 0 fully saturated rings. The number of rotatable bonds is 8. The van der Waals surface area contributed by atoms with E-state index in [0.717, 1.165) is 5.56 Å². The number of benzene rings is 3. The van der Waals surface area contributed by atoms with E-state index in [9.17, 15) is 8.42 Å². The van der Waals surface area contributed by atoms with E-state index in [4.69, 9.17) is 32.7 Å². The quantitative estimate of drug-likeness (QED) is 0.294. The van der Waals surface area contributed by atoms with Gasteiger partial charge in [0, 0.05) is 0 Å². The third-order valence-corrected chi connectivity index (χ3v) is 6.63. The number of nitrogens with zero attached hydrogens (tertiary/aromatic N) is 1. The molecular weight excluding hydrogens is 527 g/mol. The summed E-state index contributed by atoms with van der Waals surface area (Å²) in [5, 5.41) is 4.75. The summed E-state index contributed by atoms with van der Waals surface area (Å²) in [7, 11) is -2.24. The van der Waals surface area contributed by atoms with Gasteiger partial charge in [-0.25, -0.2) is 4.83 Å². The van der Waals surface area contributed by atoms with E-state index < -0.39 is 10.0 Å². The van der Waals surface area contributed by atoms with Crippen LogP contribution in [-0.2, 0) is 16.6 Å². The molecule has 162 valence electrons. The predicted molar refractivity (Wildman–Crippen MR) is 126 cm³/mol. The molecule has 0 aromatic heterocycles. The van der Waals surface area contributed by atoms with Gasteiger partial charge in [0.1, 0.15) is 6.61 Å². The zero-order valence-corrected chi connectivity index (χ0v) is 20.1. The Morgan fingerprint density at radius 2 is 1.81 bits per heavy atom. The van der Waals surface area contributed by atoms with Crippen LogP contribution < -0.4 is 14.3 Å². The van der Waals surface area contributed by atoms with Crippen molar-refractivity contribution in [1.82, 2.24) is 4.83 Å². The minimum absolute atomic E-state index is 0.122. The predicted octanol–water partition coefficient (Wildman–Crippen LogP) is 5.66. The highest BCUT2D eigenvalue weighted by molar-refractivity contribution is 9.10. The number of nitrogens with one attached hydrogen (secondary N) is 1. The van der Waals surface area contributed by atoms with Crippen LogP contribution in [0.25, 0.3) is 0 Å². The average molecular weight is 544 g/mol. The van der Waals surface area contributed by atoms with E-state index >= 15 is 0 Å². The first-order valence-electron chi connectivity index (χ1n) is 8.84. The molecule has 3 aromatic carbocycles. The topological polar surface area (TPSA) is 77.0 Å². The molecule has 3 aromatic rings. The highest BCUT2D eigenvalue weighted by Crippen LogP contribution is 2.37. The Kier molecular flexibility index (Phi) is 7.83. The molecular formula is C21H17BrCl2N2O4S. The summed E-state index contributed by atoms with van der Waals surface area (Å²) in [5.74, 6) is 0.928. The number of hydrazone groups is 1. The smallest absolute Gasteiger partial charge is 0.276 e. The van der Waals surface area contributed by atoms with Crippen molar-refractivity contribution < 1.29 is 17.9 Å². The van der Waals surface area contributed by atoms with Crippen molar-refractivity contribution in [2.45, 2.75) is 11.5 Å². The third-order valence-electron chi connectivity index (χ3n) is 4.06. The van der Waals surface area contributed by atoms with Crippen molar-refractivity contribution in [3.63, 3.8) is 0 Å². The first-order chi connectivity index (χ1) is 14.8. The average Bonchev–Trinajstić information content (AvgIpc) is 2.75. The summed E-state index contributed by atoms with van der Waals surface area (Å²) in [6.07, 6.45) is 1.37. The Balaban J connectivity index is 1.74. The summed E-state index contributed by atoms with van der Waals surface area (Å²) < 4.78 is 36.4. The third kappa shape index (κ3) is 6.13. The van der Waals surface area contributed by atoms with E-state index in [-0.39, 0.29) is 11.5 Å². The molecule has 3 rings (SSSR count). The Hall–Kier alpha value is -2.26. The van der Waals surface area contributed by atoms with Gasteiger partial charge in [-0.3, -0.25) is 0 Å². The molecule has 0 unspecified atom stereocenters. The number of sulfonamides is 1. The maximum Gasteiger partial charge on any atom is 0.276 e. The molecule has 6 nitrogen and oxygen atoms in total.